The molecule has 2 amide bonds. The minimum Gasteiger partial charge on any atom is -0.342 e. The highest BCUT2D eigenvalue weighted by atomic mass is 32.1. The first-order chi connectivity index (χ1) is 8.16. The number of nitrogens with one attached hydrogen (secondary N) is 1. The van der Waals surface area contributed by atoms with Crippen LogP contribution in [-0.4, -0.2) is 40.0 Å². The lowest BCUT2D eigenvalue weighted by molar-refractivity contribution is -0.132. The molecule has 1 saturated heterocycles. The van der Waals surface area contributed by atoms with Gasteiger partial charge in [0.1, 0.15) is 5.51 Å². The van der Waals surface area contributed by atoms with Gasteiger partial charge in [0.2, 0.25) is 16.9 Å². The first kappa shape index (κ1) is 12.0. The zero-order chi connectivity index (χ0) is 12.3. The number of amides is 2. The zero-order valence-corrected chi connectivity index (χ0v) is 10.4. The van der Waals surface area contributed by atoms with Gasteiger partial charge in [-0.05, 0) is 12.8 Å². The normalized spacial score (nSPS) is 20.1. The molecule has 1 unspecified atom stereocenters. The Morgan fingerprint density at radius 2 is 2.41 bits per heavy atom. The summed E-state index contributed by atoms with van der Waals surface area (Å²) in [6, 6.07) is 0. The first-order valence-corrected chi connectivity index (χ1v) is 6.37. The second-order valence-electron chi connectivity index (χ2n) is 4.04. The van der Waals surface area contributed by atoms with Gasteiger partial charge in [-0.2, -0.15) is 0 Å². The molecule has 0 spiro atoms. The molecule has 2 heterocycles. The van der Waals surface area contributed by atoms with Crippen LogP contribution in [0.5, 0.6) is 0 Å². The van der Waals surface area contributed by atoms with Crippen LogP contribution in [0.3, 0.4) is 0 Å². The summed E-state index contributed by atoms with van der Waals surface area (Å²) < 4.78 is 0. The Kier molecular flexibility index (Phi) is 3.68. The fraction of sp³-hybridized carbons (Fsp3) is 0.600. The van der Waals surface area contributed by atoms with Crippen molar-refractivity contribution >= 4 is 28.3 Å². The molecule has 0 aliphatic carbocycles. The maximum absolute atomic E-state index is 11.9. The summed E-state index contributed by atoms with van der Waals surface area (Å²) in [5.74, 6) is -0.192. The monoisotopic (exact) mass is 254 g/mol. The van der Waals surface area contributed by atoms with Crippen molar-refractivity contribution in [1.82, 2.24) is 15.1 Å². The average Bonchev–Trinajstić information content (AvgIpc) is 2.82. The number of aromatic nitrogens is 2. The average molecular weight is 254 g/mol. The van der Waals surface area contributed by atoms with Crippen LogP contribution in [0.25, 0.3) is 0 Å². The molecule has 1 fully saturated rings. The van der Waals surface area contributed by atoms with Crippen LogP contribution in [-0.2, 0) is 9.59 Å². The lowest BCUT2D eigenvalue weighted by Crippen LogP contribution is -2.42. The molecule has 1 atom stereocenters. The first-order valence-electron chi connectivity index (χ1n) is 5.49. The smallest absolute Gasteiger partial charge is 0.231 e. The van der Waals surface area contributed by atoms with Gasteiger partial charge in [-0.3, -0.25) is 9.59 Å². The molecule has 1 aromatic heterocycles. The van der Waals surface area contributed by atoms with Gasteiger partial charge < -0.3 is 10.2 Å². The van der Waals surface area contributed by atoms with E-state index in [1.165, 1.54) is 18.3 Å². The molecule has 0 saturated carbocycles. The summed E-state index contributed by atoms with van der Waals surface area (Å²) >= 11 is 1.29. The maximum Gasteiger partial charge on any atom is 0.231 e. The van der Waals surface area contributed by atoms with Gasteiger partial charge in [0.25, 0.3) is 0 Å². The van der Waals surface area contributed by atoms with Crippen LogP contribution in [0, 0.1) is 5.92 Å². The van der Waals surface area contributed by atoms with E-state index in [4.69, 9.17) is 0 Å². The number of piperidine rings is 1. The highest BCUT2D eigenvalue weighted by molar-refractivity contribution is 7.13. The molecule has 17 heavy (non-hydrogen) atoms. The maximum atomic E-state index is 11.9. The molecule has 1 aliphatic heterocycles. The minimum absolute atomic E-state index is 0.0263. The van der Waals surface area contributed by atoms with Gasteiger partial charge >= 0.3 is 0 Å². The third-order valence-corrected chi connectivity index (χ3v) is 3.43. The van der Waals surface area contributed by atoms with E-state index >= 15 is 0 Å². The zero-order valence-electron chi connectivity index (χ0n) is 9.55. The molecular formula is C10H14N4O2S. The number of likely N-dealkylation sites (tertiary alicyclic amines) is 1. The van der Waals surface area contributed by atoms with E-state index in [1.807, 2.05) is 0 Å². The van der Waals surface area contributed by atoms with Crippen molar-refractivity contribution in [3.05, 3.63) is 5.51 Å². The van der Waals surface area contributed by atoms with Gasteiger partial charge in [-0.25, -0.2) is 0 Å². The van der Waals surface area contributed by atoms with Gasteiger partial charge in [0.15, 0.2) is 0 Å². The molecule has 2 rings (SSSR count). The lowest BCUT2D eigenvalue weighted by Gasteiger charge is -2.30. The SMILES string of the molecule is CC(=O)N1CCCC(C(=O)Nc2nncs2)C1. The number of carbonyl (C=O) groups excluding carboxylic acids is 2. The van der Waals surface area contributed by atoms with Crippen molar-refractivity contribution in [2.75, 3.05) is 18.4 Å². The van der Waals surface area contributed by atoms with E-state index in [9.17, 15) is 9.59 Å². The number of anilines is 1. The molecule has 0 radical (unpaired) electrons. The molecule has 0 aromatic carbocycles. The third-order valence-electron chi connectivity index (χ3n) is 2.83. The van der Waals surface area contributed by atoms with Crippen LogP contribution >= 0.6 is 11.3 Å². The van der Waals surface area contributed by atoms with Crippen LogP contribution in [0.2, 0.25) is 0 Å². The van der Waals surface area contributed by atoms with E-state index in [0.29, 0.717) is 11.7 Å². The van der Waals surface area contributed by atoms with Crippen LogP contribution in [0.4, 0.5) is 5.13 Å². The van der Waals surface area contributed by atoms with Crippen molar-refractivity contribution in [1.29, 1.82) is 0 Å². The Morgan fingerprint density at radius 1 is 1.59 bits per heavy atom. The third kappa shape index (κ3) is 3.00. The number of hydrogen-bond acceptors (Lipinski definition) is 5. The van der Waals surface area contributed by atoms with Gasteiger partial charge in [0, 0.05) is 20.0 Å². The van der Waals surface area contributed by atoms with E-state index in [2.05, 4.69) is 15.5 Å². The summed E-state index contributed by atoms with van der Waals surface area (Å²) in [6.07, 6.45) is 1.68. The number of nitrogens with zero attached hydrogens (tertiary/aromatic N) is 3. The second kappa shape index (κ2) is 5.22. The molecule has 92 valence electrons. The molecule has 1 aliphatic rings. The van der Waals surface area contributed by atoms with Crippen molar-refractivity contribution in [2.24, 2.45) is 5.92 Å². The van der Waals surface area contributed by atoms with Gasteiger partial charge in [-0.15, -0.1) is 10.2 Å². The lowest BCUT2D eigenvalue weighted by atomic mass is 9.97. The molecule has 1 aromatic rings. The summed E-state index contributed by atoms with van der Waals surface area (Å²) in [4.78, 5) is 24.9. The van der Waals surface area contributed by atoms with Crippen LogP contribution in [0.1, 0.15) is 19.8 Å². The Morgan fingerprint density at radius 3 is 3.06 bits per heavy atom. The van der Waals surface area contributed by atoms with E-state index in [-0.39, 0.29) is 17.7 Å². The highest BCUT2D eigenvalue weighted by Crippen LogP contribution is 2.19. The van der Waals surface area contributed by atoms with E-state index < -0.39 is 0 Å². The van der Waals surface area contributed by atoms with Crippen molar-refractivity contribution in [3.8, 4) is 0 Å². The fourth-order valence-electron chi connectivity index (χ4n) is 1.91. The van der Waals surface area contributed by atoms with E-state index in [1.54, 1.807) is 10.4 Å². The Labute approximate surface area is 103 Å². The molecule has 0 bridgehead atoms. The van der Waals surface area contributed by atoms with Crippen molar-refractivity contribution < 1.29 is 9.59 Å². The Hall–Kier alpha value is -1.50. The molecule has 7 heteroatoms. The van der Waals surface area contributed by atoms with Crippen LogP contribution < -0.4 is 5.32 Å². The Bertz CT molecular complexity index is 406. The predicted octanol–water partition coefficient (Wildman–Crippen LogP) is 0.735. The standard InChI is InChI=1S/C10H14N4O2S/c1-7(15)14-4-2-3-8(5-14)9(16)12-10-13-11-6-17-10/h6,8H,2-5H2,1H3,(H,12,13,16). The fourth-order valence-corrected chi connectivity index (χ4v) is 2.36. The molecule has 1 N–H and O–H groups in total. The van der Waals surface area contributed by atoms with Crippen molar-refractivity contribution in [3.63, 3.8) is 0 Å². The molecular weight excluding hydrogens is 240 g/mol. The van der Waals surface area contributed by atoms with Crippen molar-refractivity contribution in [2.45, 2.75) is 19.8 Å². The topological polar surface area (TPSA) is 75.2 Å². The highest BCUT2D eigenvalue weighted by Gasteiger charge is 2.27. The van der Waals surface area contributed by atoms with Gasteiger partial charge in [-0.1, -0.05) is 11.3 Å². The number of hydrogen-bond donors (Lipinski definition) is 1. The quantitative estimate of drug-likeness (QED) is 0.844. The summed E-state index contributed by atoms with van der Waals surface area (Å²) in [5.41, 5.74) is 1.57. The number of rotatable bonds is 2. The summed E-state index contributed by atoms with van der Waals surface area (Å²) in [7, 11) is 0. The summed E-state index contributed by atoms with van der Waals surface area (Å²) in [6.45, 7) is 2.78. The van der Waals surface area contributed by atoms with Crippen LogP contribution in [0.15, 0.2) is 5.51 Å². The number of carbonyl (C=O) groups is 2. The predicted molar refractivity (Wildman–Crippen MR) is 63.5 cm³/mol. The minimum atomic E-state index is -0.142. The summed E-state index contributed by atoms with van der Waals surface area (Å²) in [5, 5.41) is 10.6. The second-order valence-corrected chi connectivity index (χ2v) is 4.87. The van der Waals surface area contributed by atoms with E-state index in [0.717, 1.165) is 19.4 Å². The largest absolute Gasteiger partial charge is 0.342 e. The molecule has 6 nitrogen and oxygen atoms in total. The van der Waals surface area contributed by atoms with Gasteiger partial charge in [0.05, 0.1) is 5.92 Å². The Balaban J connectivity index is 1.93.